The van der Waals surface area contributed by atoms with Crippen molar-refractivity contribution in [2.45, 2.75) is 6.54 Å². The van der Waals surface area contributed by atoms with Crippen LogP contribution in [-0.4, -0.2) is 24.7 Å². The van der Waals surface area contributed by atoms with E-state index in [2.05, 4.69) is 25.8 Å². The van der Waals surface area contributed by atoms with Gasteiger partial charge in [-0.25, -0.2) is 10.8 Å². The summed E-state index contributed by atoms with van der Waals surface area (Å²) >= 11 is 0. The lowest BCUT2D eigenvalue weighted by Gasteiger charge is -2.05. The van der Waals surface area contributed by atoms with Gasteiger partial charge in [-0.1, -0.05) is 0 Å². The maximum atomic E-state index is 10.9. The highest BCUT2D eigenvalue weighted by atomic mass is 16.6. The van der Waals surface area contributed by atoms with Gasteiger partial charge in [0.25, 0.3) is 0 Å². The minimum Gasteiger partial charge on any atom is -0.358 e. The van der Waals surface area contributed by atoms with E-state index in [1.165, 1.54) is 0 Å². The number of nitro groups is 1. The van der Waals surface area contributed by atoms with Crippen molar-refractivity contribution in [3.8, 4) is 0 Å². The highest BCUT2D eigenvalue weighted by molar-refractivity contribution is 5.56. The third-order valence-electron chi connectivity index (χ3n) is 2.30. The molecule has 0 saturated carbocycles. The van der Waals surface area contributed by atoms with Crippen molar-refractivity contribution in [3.05, 3.63) is 34.3 Å². The fourth-order valence-corrected chi connectivity index (χ4v) is 1.44. The van der Waals surface area contributed by atoms with Gasteiger partial charge in [0.1, 0.15) is 6.20 Å². The largest absolute Gasteiger partial charge is 0.358 e. The van der Waals surface area contributed by atoms with Crippen LogP contribution in [0.2, 0.25) is 0 Å². The third-order valence-corrected chi connectivity index (χ3v) is 2.30. The molecule has 0 atom stereocenters. The van der Waals surface area contributed by atoms with E-state index in [0.717, 1.165) is 11.9 Å². The summed E-state index contributed by atoms with van der Waals surface area (Å²) < 4.78 is 1.64. The standard InChI is InChI=1S/C9H12N8O2/c1-16-3-2-6(15-16)4-11-8-7(17(18)19)5-12-9(13-8)14-10/h2-3,5H,4,10H2,1H3,(H2,11,12,13,14). The monoisotopic (exact) mass is 264 g/mol. The van der Waals surface area contributed by atoms with Crippen LogP contribution in [0.3, 0.4) is 0 Å². The van der Waals surface area contributed by atoms with E-state index in [1.54, 1.807) is 24.0 Å². The minimum absolute atomic E-state index is 0.0820. The van der Waals surface area contributed by atoms with Crippen molar-refractivity contribution in [1.82, 2.24) is 19.7 Å². The van der Waals surface area contributed by atoms with Crippen LogP contribution in [0.1, 0.15) is 5.69 Å². The first kappa shape index (κ1) is 12.7. The predicted molar refractivity (Wildman–Crippen MR) is 67.0 cm³/mol. The molecule has 0 aliphatic rings. The van der Waals surface area contributed by atoms with Gasteiger partial charge in [-0.15, -0.1) is 0 Å². The number of nitrogens with two attached hydrogens (primary N) is 1. The number of nitrogens with zero attached hydrogens (tertiary/aromatic N) is 5. The molecule has 0 amide bonds. The lowest BCUT2D eigenvalue weighted by molar-refractivity contribution is -0.384. The molecule has 19 heavy (non-hydrogen) atoms. The highest BCUT2D eigenvalue weighted by Gasteiger charge is 2.17. The number of anilines is 2. The van der Waals surface area contributed by atoms with Gasteiger partial charge >= 0.3 is 5.69 Å². The zero-order valence-corrected chi connectivity index (χ0v) is 10.1. The molecule has 0 bridgehead atoms. The van der Waals surface area contributed by atoms with Crippen molar-refractivity contribution < 1.29 is 4.92 Å². The summed E-state index contributed by atoms with van der Waals surface area (Å²) in [5.41, 5.74) is 2.74. The van der Waals surface area contributed by atoms with Crippen LogP contribution in [0.4, 0.5) is 17.5 Å². The van der Waals surface area contributed by atoms with E-state index < -0.39 is 4.92 Å². The van der Waals surface area contributed by atoms with E-state index in [1.807, 2.05) is 0 Å². The van der Waals surface area contributed by atoms with Crippen LogP contribution >= 0.6 is 0 Å². The Balaban J connectivity index is 2.19. The number of hydrogen-bond acceptors (Lipinski definition) is 8. The van der Waals surface area contributed by atoms with Gasteiger partial charge in [-0.05, 0) is 6.07 Å². The molecule has 10 heteroatoms. The van der Waals surface area contributed by atoms with E-state index in [-0.39, 0.29) is 17.5 Å². The maximum Gasteiger partial charge on any atom is 0.329 e. The molecular formula is C9H12N8O2. The average molecular weight is 264 g/mol. The molecule has 0 unspecified atom stereocenters. The van der Waals surface area contributed by atoms with Crippen LogP contribution in [0.25, 0.3) is 0 Å². The van der Waals surface area contributed by atoms with E-state index in [4.69, 9.17) is 5.84 Å². The maximum absolute atomic E-state index is 10.9. The molecule has 0 spiro atoms. The molecule has 0 aromatic carbocycles. The first-order valence-electron chi connectivity index (χ1n) is 5.30. The van der Waals surface area contributed by atoms with Gasteiger partial charge in [0.2, 0.25) is 11.8 Å². The summed E-state index contributed by atoms with van der Waals surface area (Å²) in [4.78, 5) is 17.9. The number of hydrazine groups is 1. The molecule has 2 aromatic rings. The Hall–Kier alpha value is -2.75. The number of aryl methyl sites for hydroxylation is 1. The number of nitrogens with one attached hydrogen (secondary N) is 2. The van der Waals surface area contributed by atoms with Crippen LogP contribution < -0.4 is 16.6 Å². The second-order valence-electron chi connectivity index (χ2n) is 3.66. The molecule has 0 aliphatic carbocycles. The van der Waals surface area contributed by atoms with Crippen molar-refractivity contribution in [2.75, 3.05) is 10.7 Å². The van der Waals surface area contributed by atoms with Crippen molar-refractivity contribution in [1.29, 1.82) is 0 Å². The van der Waals surface area contributed by atoms with Crippen molar-refractivity contribution in [3.63, 3.8) is 0 Å². The smallest absolute Gasteiger partial charge is 0.329 e. The van der Waals surface area contributed by atoms with Gasteiger partial charge in [0.05, 0.1) is 17.2 Å². The molecule has 0 saturated heterocycles. The van der Waals surface area contributed by atoms with Crippen molar-refractivity contribution in [2.24, 2.45) is 12.9 Å². The molecule has 10 nitrogen and oxygen atoms in total. The normalized spacial score (nSPS) is 10.2. The number of hydrogen-bond donors (Lipinski definition) is 3. The number of nitrogen functional groups attached to an aromatic ring is 1. The summed E-state index contributed by atoms with van der Waals surface area (Å²) in [6.07, 6.45) is 2.86. The van der Waals surface area contributed by atoms with Gasteiger partial charge < -0.3 is 5.32 Å². The lowest BCUT2D eigenvalue weighted by atomic mass is 10.4. The van der Waals surface area contributed by atoms with Crippen LogP contribution in [0.5, 0.6) is 0 Å². The molecule has 2 aromatic heterocycles. The molecule has 0 fully saturated rings. The summed E-state index contributed by atoms with van der Waals surface area (Å²) in [6.45, 7) is 0.308. The van der Waals surface area contributed by atoms with Gasteiger partial charge in [0, 0.05) is 13.2 Å². The topological polar surface area (TPSA) is 137 Å². The molecular weight excluding hydrogens is 252 g/mol. The Morgan fingerprint density at radius 3 is 2.95 bits per heavy atom. The van der Waals surface area contributed by atoms with Crippen molar-refractivity contribution >= 4 is 17.5 Å². The minimum atomic E-state index is -0.568. The predicted octanol–water partition coefficient (Wildman–Crippen LogP) is 0.0160. The molecule has 2 heterocycles. The SMILES string of the molecule is Cn1ccc(CNc2nc(NN)ncc2[N+](=O)[O-])n1. The number of aromatic nitrogens is 4. The van der Waals surface area contributed by atoms with Gasteiger partial charge in [-0.2, -0.15) is 10.1 Å². The van der Waals surface area contributed by atoms with E-state index >= 15 is 0 Å². The summed E-state index contributed by atoms with van der Waals surface area (Å²) in [5, 5.41) is 17.8. The van der Waals surface area contributed by atoms with Gasteiger partial charge in [-0.3, -0.25) is 20.2 Å². The summed E-state index contributed by atoms with van der Waals surface area (Å²) in [7, 11) is 1.78. The molecule has 4 N–H and O–H groups in total. The Kier molecular flexibility index (Phi) is 3.52. The lowest BCUT2D eigenvalue weighted by Crippen LogP contribution is -2.13. The first-order chi connectivity index (χ1) is 9.10. The van der Waals surface area contributed by atoms with Crippen LogP contribution in [0.15, 0.2) is 18.5 Å². The second kappa shape index (κ2) is 5.27. The van der Waals surface area contributed by atoms with Crippen LogP contribution in [0, 0.1) is 10.1 Å². The second-order valence-corrected chi connectivity index (χ2v) is 3.66. The fourth-order valence-electron chi connectivity index (χ4n) is 1.44. The third kappa shape index (κ3) is 2.93. The first-order valence-corrected chi connectivity index (χ1v) is 5.30. The fraction of sp³-hybridized carbons (Fsp3) is 0.222. The zero-order chi connectivity index (χ0) is 13.8. The van der Waals surface area contributed by atoms with E-state index in [9.17, 15) is 10.1 Å². The zero-order valence-electron chi connectivity index (χ0n) is 10.1. The molecule has 0 aliphatic heterocycles. The Morgan fingerprint density at radius 2 is 2.37 bits per heavy atom. The van der Waals surface area contributed by atoms with Gasteiger partial charge in [0.15, 0.2) is 0 Å². The molecule has 0 radical (unpaired) electrons. The Morgan fingerprint density at radius 1 is 1.58 bits per heavy atom. The Labute approximate surface area is 107 Å². The molecule has 2 rings (SSSR count). The summed E-state index contributed by atoms with van der Waals surface area (Å²) in [6, 6.07) is 1.79. The average Bonchev–Trinajstić information content (AvgIpc) is 2.81. The van der Waals surface area contributed by atoms with Crippen LogP contribution in [-0.2, 0) is 13.6 Å². The molecule has 100 valence electrons. The Bertz CT molecular complexity index is 596. The number of rotatable bonds is 5. The summed E-state index contributed by atoms with van der Waals surface area (Å²) in [5.74, 6) is 5.34. The quantitative estimate of drug-likeness (QED) is 0.390. The van der Waals surface area contributed by atoms with E-state index in [0.29, 0.717) is 6.54 Å². The highest BCUT2D eigenvalue weighted by Crippen LogP contribution is 2.22.